The molecule has 5 heteroatoms. The molecule has 0 saturated heterocycles. The molecule has 0 spiro atoms. The van der Waals surface area contributed by atoms with E-state index in [2.05, 4.69) is 20.6 Å². The van der Waals surface area contributed by atoms with Gasteiger partial charge in [-0.2, -0.15) is 0 Å². The summed E-state index contributed by atoms with van der Waals surface area (Å²) in [5.41, 5.74) is 1.11. The monoisotopic (exact) mass is 236 g/mol. The molecule has 94 valence electrons. The second-order valence-electron chi connectivity index (χ2n) is 4.03. The first kappa shape index (κ1) is 13.4. The van der Waals surface area contributed by atoms with Crippen molar-refractivity contribution in [2.75, 3.05) is 18.4 Å². The molecule has 17 heavy (non-hydrogen) atoms. The molecule has 1 amide bonds. The van der Waals surface area contributed by atoms with Gasteiger partial charge in [-0.1, -0.05) is 13.8 Å². The molecular formula is C12H20N4O. The molecule has 2 N–H and O–H groups in total. The van der Waals surface area contributed by atoms with Crippen molar-refractivity contribution in [3.63, 3.8) is 0 Å². The lowest BCUT2D eigenvalue weighted by Gasteiger charge is -2.11. The first-order valence-electron chi connectivity index (χ1n) is 5.99. The van der Waals surface area contributed by atoms with Gasteiger partial charge in [0.15, 0.2) is 5.69 Å². The fourth-order valence-electron chi connectivity index (χ4n) is 1.41. The molecule has 0 radical (unpaired) electrons. The number of hydrogen-bond acceptors (Lipinski definition) is 4. The van der Waals surface area contributed by atoms with Crippen LogP contribution in [0.3, 0.4) is 0 Å². The number of nitrogens with zero attached hydrogens (tertiary/aromatic N) is 2. The van der Waals surface area contributed by atoms with Crippen molar-refractivity contribution in [1.29, 1.82) is 0 Å². The van der Waals surface area contributed by atoms with E-state index in [0.717, 1.165) is 6.54 Å². The minimum absolute atomic E-state index is 0.159. The van der Waals surface area contributed by atoms with E-state index in [1.807, 2.05) is 27.7 Å². The van der Waals surface area contributed by atoms with Crippen molar-refractivity contribution in [3.05, 3.63) is 17.7 Å². The highest BCUT2D eigenvalue weighted by Gasteiger charge is 2.15. The SMILES string of the molecule is CCNC(=O)c1nc(C(C)C)ncc1NCC. The molecule has 0 atom stereocenters. The second-order valence-corrected chi connectivity index (χ2v) is 4.03. The Morgan fingerprint density at radius 3 is 2.59 bits per heavy atom. The third-order valence-corrected chi connectivity index (χ3v) is 2.24. The average Bonchev–Trinajstić information content (AvgIpc) is 2.30. The molecular weight excluding hydrogens is 216 g/mol. The van der Waals surface area contributed by atoms with Crippen molar-refractivity contribution in [1.82, 2.24) is 15.3 Å². The van der Waals surface area contributed by atoms with Crippen LogP contribution in [0.25, 0.3) is 0 Å². The van der Waals surface area contributed by atoms with E-state index in [1.165, 1.54) is 0 Å². The molecule has 0 aliphatic carbocycles. The van der Waals surface area contributed by atoms with Crippen LogP contribution in [0.1, 0.15) is 49.9 Å². The normalized spacial score (nSPS) is 10.4. The van der Waals surface area contributed by atoms with E-state index in [-0.39, 0.29) is 11.8 Å². The van der Waals surface area contributed by atoms with E-state index in [1.54, 1.807) is 6.20 Å². The molecule has 1 heterocycles. The predicted octanol–water partition coefficient (Wildman–Crippen LogP) is 1.78. The molecule has 0 unspecified atom stereocenters. The van der Waals surface area contributed by atoms with Gasteiger partial charge in [0, 0.05) is 19.0 Å². The van der Waals surface area contributed by atoms with E-state index < -0.39 is 0 Å². The molecule has 5 nitrogen and oxygen atoms in total. The zero-order valence-electron chi connectivity index (χ0n) is 10.9. The summed E-state index contributed by atoms with van der Waals surface area (Å²) in [5, 5.41) is 5.85. The molecule has 1 rings (SSSR count). The minimum Gasteiger partial charge on any atom is -0.382 e. The molecule has 0 bridgehead atoms. The largest absolute Gasteiger partial charge is 0.382 e. The predicted molar refractivity (Wildman–Crippen MR) is 68.3 cm³/mol. The van der Waals surface area contributed by atoms with Gasteiger partial charge in [0.2, 0.25) is 0 Å². The molecule has 1 aromatic heterocycles. The molecule has 0 aromatic carbocycles. The lowest BCUT2D eigenvalue weighted by Crippen LogP contribution is -2.26. The van der Waals surface area contributed by atoms with Crippen LogP contribution in [0.2, 0.25) is 0 Å². The van der Waals surface area contributed by atoms with Crippen LogP contribution < -0.4 is 10.6 Å². The van der Waals surface area contributed by atoms with Crippen molar-refractivity contribution < 1.29 is 4.79 Å². The zero-order valence-corrected chi connectivity index (χ0v) is 10.9. The fraction of sp³-hybridized carbons (Fsp3) is 0.583. The Bertz CT molecular complexity index is 390. The van der Waals surface area contributed by atoms with Gasteiger partial charge < -0.3 is 10.6 Å². The van der Waals surface area contributed by atoms with Crippen molar-refractivity contribution in [3.8, 4) is 0 Å². The summed E-state index contributed by atoms with van der Waals surface area (Å²) in [5.74, 6) is 0.736. The van der Waals surface area contributed by atoms with Crippen LogP contribution in [-0.2, 0) is 0 Å². The van der Waals surface area contributed by atoms with Crippen LogP contribution in [-0.4, -0.2) is 29.0 Å². The third-order valence-electron chi connectivity index (χ3n) is 2.24. The molecule has 0 fully saturated rings. The zero-order chi connectivity index (χ0) is 12.8. The second kappa shape index (κ2) is 6.18. The highest BCUT2D eigenvalue weighted by Crippen LogP contribution is 2.16. The quantitative estimate of drug-likeness (QED) is 0.817. The number of hydrogen-bond donors (Lipinski definition) is 2. The van der Waals surface area contributed by atoms with Gasteiger partial charge >= 0.3 is 0 Å². The van der Waals surface area contributed by atoms with Crippen molar-refractivity contribution >= 4 is 11.6 Å². The summed E-state index contributed by atoms with van der Waals surface area (Å²) in [6.45, 7) is 9.18. The van der Waals surface area contributed by atoms with Crippen LogP contribution in [0.4, 0.5) is 5.69 Å². The van der Waals surface area contributed by atoms with Gasteiger partial charge in [0.25, 0.3) is 5.91 Å². The number of carbonyl (C=O) groups excluding carboxylic acids is 1. The van der Waals surface area contributed by atoms with Crippen LogP contribution in [0.15, 0.2) is 6.20 Å². The molecule has 0 aliphatic rings. The Labute approximate surface area is 102 Å². The topological polar surface area (TPSA) is 66.9 Å². The Balaban J connectivity index is 3.10. The first-order valence-corrected chi connectivity index (χ1v) is 5.99. The standard InChI is InChI=1S/C12H20N4O/c1-5-13-9-7-15-11(8(3)4)16-10(9)12(17)14-6-2/h7-8,13H,5-6H2,1-4H3,(H,14,17). The number of amides is 1. The van der Waals surface area contributed by atoms with Gasteiger partial charge in [-0.15, -0.1) is 0 Å². The summed E-state index contributed by atoms with van der Waals surface area (Å²) >= 11 is 0. The molecule has 0 aliphatic heterocycles. The summed E-state index contributed by atoms with van der Waals surface area (Å²) in [6, 6.07) is 0. The van der Waals surface area contributed by atoms with Gasteiger partial charge in [-0.3, -0.25) is 4.79 Å². The van der Waals surface area contributed by atoms with E-state index in [0.29, 0.717) is 23.8 Å². The highest BCUT2D eigenvalue weighted by atomic mass is 16.1. The molecule has 0 saturated carbocycles. The van der Waals surface area contributed by atoms with Gasteiger partial charge in [-0.05, 0) is 13.8 Å². The maximum absolute atomic E-state index is 11.9. The van der Waals surface area contributed by atoms with Crippen molar-refractivity contribution in [2.45, 2.75) is 33.6 Å². The van der Waals surface area contributed by atoms with Gasteiger partial charge in [0.1, 0.15) is 5.82 Å². The molecule has 1 aromatic rings. The lowest BCUT2D eigenvalue weighted by molar-refractivity contribution is 0.0951. The Morgan fingerprint density at radius 1 is 1.35 bits per heavy atom. The lowest BCUT2D eigenvalue weighted by atomic mass is 10.2. The Hall–Kier alpha value is -1.65. The summed E-state index contributed by atoms with van der Waals surface area (Å²) in [6.07, 6.45) is 1.68. The number of aromatic nitrogens is 2. The number of carbonyl (C=O) groups is 1. The van der Waals surface area contributed by atoms with Crippen LogP contribution in [0, 0.1) is 0 Å². The number of rotatable bonds is 5. The fourth-order valence-corrected chi connectivity index (χ4v) is 1.41. The minimum atomic E-state index is -0.159. The summed E-state index contributed by atoms with van der Waals surface area (Å²) in [7, 11) is 0. The summed E-state index contributed by atoms with van der Waals surface area (Å²) in [4.78, 5) is 20.4. The van der Waals surface area contributed by atoms with E-state index in [9.17, 15) is 4.79 Å². The average molecular weight is 236 g/mol. The highest BCUT2D eigenvalue weighted by molar-refractivity contribution is 5.97. The van der Waals surface area contributed by atoms with E-state index >= 15 is 0 Å². The van der Waals surface area contributed by atoms with Crippen LogP contribution >= 0.6 is 0 Å². The Kier molecular flexibility index (Phi) is 4.87. The van der Waals surface area contributed by atoms with Crippen molar-refractivity contribution in [2.24, 2.45) is 0 Å². The third kappa shape index (κ3) is 3.41. The van der Waals surface area contributed by atoms with Gasteiger partial charge in [-0.25, -0.2) is 9.97 Å². The Morgan fingerprint density at radius 2 is 2.06 bits per heavy atom. The smallest absolute Gasteiger partial charge is 0.272 e. The summed E-state index contributed by atoms with van der Waals surface area (Å²) < 4.78 is 0. The van der Waals surface area contributed by atoms with E-state index in [4.69, 9.17) is 0 Å². The maximum atomic E-state index is 11.9. The maximum Gasteiger partial charge on any atom is 0.272 e. The number of anilines is 1. The van der Waals surface area contributed by atoms with Crippen LogP contribution in [0.5, 0.6) is 0 Å². The first-order chi connectivity index (χ1) is 8.10. The van der Waals surface area contributed by atoms with Gasteiger partial charge in [0.05, 0.1) is 11.9 Å². The number of nitrogens with one attached hydrogen (secondary N) is 2.